The van der Waals surface area contributed by atoms with Crippen LogP contribution in [0.3, 0.4) is 0 Å². The van der Waals surface area contributed by atoms with Gasteiger partial charge in [0.05, 0.1) is 12.2 Å². The van der Waals surface area contributed by atoms with Gasteiger partial charge in [0.15, 0.2) is 0 Å². The van der Waals surface area contributed by atoms with E-state index in [0.29, 0.717) is 12.2 Å². The Balaban J connectivity index is 3.00. The molecule has 16 heavy (non-hydrogen) atoms. The van der Waals surface area contributed by atoms with Crippen molar-refractivity contribution in [2.45, 2.75) is 39.5 Å². The standard InChI is InChI=1S/C14H20O2/c1-5-10-16-13(15)11-8-6-7-9-12(11)14(2,3)4/h6-9H,5,10H2,1-4H3. The van der Waals surface area contributed by atoms with Gasteiger partial charge in [0.25, 0.3) is 0 Å². The van der Waals surface area contributed by atoms with Crippen molar-refractivity contribution < 1.29 is 9.53 Å². The van der Waals surface area contributed by atoms with Crippen LogP contribution in [0, 0.1) is 0 Å². The van der Waals surface area contributed by atoms with Crippen LogP contribution in [0.5, 0.6) is 0 Å². The third kappa shape index (κ3) is 3.09. The van der Waals surface area contributed by atoms with Crippen molar-refractivity contribution in [3.8, 4) is 0 Å². The highest BCUT2D eigenvalue weighted by molar-refractivity contribution is 5.91. The van der Waals surface area contributed by atoms with Crippen molar-refractivity contribution in [3.63, 3.8) is 0 Å². The first-order valence-corrected chi connectivity index (χ1v) is 5.73. The Morgan fingerprint density at radius 2 is 1.88 bits per heavy atom. The quantitative estimate of drug-likeness (QED) is 0.728. The summed E-state index contributed by atoms with van der Waals surface area (Å²) in [5.41, 5.74) is 1.68. The molecule has 2 nitrogen and oxygen atoms in total. The molecule has 0 fully saturated rings. The van der Waals surface area contributed by atoms with Gasteiger partial charge < -0.3 is 4.74 Å². The molecule has 2 heteroatoms. The number of carbonyl (C=O) groups is 1. The van der Waals surface area contributed by atoms with E-state index in [1.165, 1.54) is 0 Å². The van der Waals surface area contributed by atoms with E-state index in [4.69, 9.17) is 4.74 Å². The van der Waals surface area contributed by atoms with Gasteiger partial charge in [-0.3, -0.25) is 0 Å². The van der Waals surface area contributed by atoms with Crippen LogP contribution >= 0.6 is 0 Å². The molecule has 0 saturated heterocycles. The maximum atomic E-state index is 11.8. The van der Waals surface area contributed by atoms with E-state index >= 15 is 0 Å². The summed E-state index contributed by atoms with van der Waals surface area (Å²) in [6.45, 7) is 8.76. The van der Waals surface area contributed by atoms with E-state index in [-0.39, 0.29) is 11.4 Å². The Bertz CT molecular complexity index is 361. The third-order valence-corrected chi connectivity index (χ3v) is 2.39. The van der Waals surface area contributed by atoms with Gasteiger partial charge in [0.2, 0.25) is 0 Å². The summed E-state index contributed by atoms with van der Waals surface area (Å²) >= 11 is 0. The normalized spacial score (nSPS) is 11.2. The molecule has 0 bridgehead atoms. The molecule has 0 spiro atoms. The maximum absolute atomic E-state index is 11.8. The second kappa shape index (κ2) is 5.15. The molecule has 1 aromatic rings. The Labute approximate surface area is 97.6 Å². The van der Waals surface area contributed by atoms with Gasteiger partial charge in [-0.15, -0.1) is 0 Å². The summed E-state index contributed by atoms with van der Waals surface area (Å²) in [5, 5.41) is 0. The molecule has 0 atom stereocenters. The summed E-state index contributed by atoms with van der Waals surface area (Å²) in [5.74, 6) is -0.215. The zero-order valence-corrected chi connectivity index (χ0v) is 10.5. The lowest BCUT2D eigenvalue weighted by Crippen LogP contribution is -2.18. The molecule has 88 valence electrons. The lowest BCUT2D eigenvalue weighted by Gasteiger charge is -2.21. The largest absolute Gasteiger partial charge is 0.462 e. The van der Waals surface area contributed by atoms with Gasteiger partial charge in [-0.1, -0.05) is 45.9 Å². The second-order valence-electron chi connectivity index (χ2n) is 4.93. The van der Waals surface area contributed by atoms with Gasteiger partial charge in [-0.05, 0) is 23.5 Å². The Hall–Kier alpha value is -1.31. The summed E-state index contributed by atoms with van der Waals surface area (Å²) in [6.07, 6.45) is 0.851. The highest BCUT2D eigenvalue weighted by Crippen LogP contribution is 2.26. The van der Waals surface area contributed by atoms with Crippen molar-refractivity contribution >= 4 is 5.97 Å². The van der Waals surface area contributed by atoms with Crippen LogP contribution in [0.25, 0.3) is 0 Å². The summed E-state index contributed by atoms with van der Waals surface area (Å²) in [7, 11) is 0. The van der Waals surface area contributed by atoms with Crippen molar-refractivity contribution in [1.29, 1.82) is 0 Å². The monoisotopic (exact) mass is 220 g/mol. The fraction of sp³-hybridized carbons (Fsp3) is 0.500. The predicted octanol–water partition coefficient (Wildman–Crippen LogP) is 3.55. The highest BCUT2D eigenvalue weighted by atomic mass is 16.5. The topological polar surface area (TPSA) is 26.3 Å². The van der Waals surface area contributed by atoms with Crippen molar-refractivity contribution in [1.82, 2.24) is 0 Å². The molecule has 1 aromatic carbocycles. The van der Waals surface area contributed by atoms with Gasteiger partial charge in [0, 0.05) is 0 Å². The maximum Gasteiger partial charge on any atom is 0.338 e. The molecule has 0 aliphatic carbocycles. The average molecular weight is 220 g/mol. The first-order valence-electron chi connectivity index (χ1n) is 5.73. The minimum absolute atomic E-state index is 0.0399. The molecule has 0 aliphatic heterocycles. The van der Waals surface area contributed by atoms with E-state index in [1.807, 2.05) is 31.2 Å². The molecule has 1 rings (SSSR count). The molecule has 0 radical (unpaired) electrons. The second-order valence-corrected chi connectivity index (χ2v) is 4.93. The molecule has 0 amide bonds. The number of ether oxygens (including phenoxy) is 1. The van der Waals surface area contributed by atoms with Gasteiger partial charge >= 0.3 is 5.97 Å². The lowest BCUT2D eigenvalue weighted by molar-refractivity contribution is 0.0502. The summed E-state index contributed by atoms with van der Waals surface area (Å²) < 4.78 is 5.17. The zero-order chi connectivity index (χ0) is 12.2. The molecule has 0 N–H and O–H groups in total. The Morgan fingerprint density at radius 1 is 1.25 bits per heavy atom. The zero-order valence-electron chi connectivity index (χ0n) is 10.5. The fourth-order valence-electron chi connectivity index (χ4n) is 1.59. The van der Waals surface area contributed by atoms with Crippen LogP contribution < -0.4 is 0 Å². The number of carbonyl (C=O) groups excluding carboxylic acids is 1. The molecule has 0 unspecified atom stereocenters. The predicted molar refractivity (Wildman–Crippen MR) is 65.7 cm³/mol. The molecular formula is C14H20O2. The van der Waals surface area contributed by atoms with E-state index < -0.39 is 0 Å². The SMILES string of the molecule is CCCOC(=O)c1ccccc1C(C)(C)C. The van der Waals surface area contributed by atoms with Gasteiger partial charge in [-0.25, -0.2) is 4.79 Å². The first-order chi connectivity index (χ1) is 7.46. The van der Waals surface area contributed by atoms with Crippen molar-refractivity contribution in [3.05, 3.63) is 35.4 Å². The number of hydrogen-bond acceptors (Lipinski definition) is 2. The van der Waals surface area contributed by atoms with Crippen LogP contribution in [-0.4, -0.2) is 12.6 Å². The first kappa shape index (κ1) is 12.8. The third-order valence-electron chi connectivity index (χ3n) is 2.39. The van der Waals surface area contributed by atoms with E-state index in [1.54, 1.807) is 0 Å². The van der Waals surface area contributed by atoms with Gasteiger partial charge in [-0.2, -0.15) is 0 Å². The van der Waals surface area contributed by atoms with Crippen LogP contribution in [0.1, 0.15) is 50.0 Å². The molecule has 0 saturated carbocycles. The van der Waals surface area contributed by atoms with Gasteiger partial charge in [0.1, 0.15) is 0 Å². The molecular weight excluding hydrogens is 200 g/mol. The van der Waals surface area contributed by atoms with E-state index in [2.05, 4.69) is 20.8 Å². The Morgan fingerprint density at radius 3 is 2.44 bits per heavy atom. The molecule has 0 aromatic heterocycles. The van der Waals surface area contributed by atoms with E-state index in [9.17, 15) is 4.79 Å². The Kier molecular flexibility index (Phi) is 4.11. The van der Waals surface area contributed by atoms with E-state index in [0.717, 1.165) is 12.0 Å². The van der Waals surface area contributed by atoms with Crippen LogP contribution in [0.4, 0.5) is 0 Å². The van der Waals surface area contributed by atoms with Crippen LogP contribution in [-0.2, 0) is 10.2 Å². The minimum Gasteiger partial charge on any atom is -0.462 e. The number of hydrogen-bond donors (Lipinski definition) is 0. The number of rotatable bonds is 3. The van der Waals surface area contributed by atoms with Crippen molar-refractivity contribution in [2.75, 3.05) is 6.61 Å². The van der Waals surface area contributed by atoms with Crippen LogP contribution in [0.2, 0.25) is 0 Å². The summed E-state index contributed by atoms with van der Waals surface area (Å²) in [6, 6.07) is 7.65. The number of esters is 1. The average Bonchev–Trinajstić information content (AvgIpc) is 2.24. The van der Waals surface area contributed by atoms with Crippen molar-refractivity contribution in [2.24, 2.45) is 0 Å². The minimum atomic E-state index is -0.215. The van der Waals surface area contributed by atoms with Crippen LogP contribution in [0.15, 0.2) is 24.3 Å². The lowest BCUT2D eigenvalue weighted by atomic mass is 9.84. The molecule has 0 heterocycles. The smallest absolute Gasteiger partial charge is 0.338 e. The number of benzene rings is 1. The summed E-state index contributed by atoms with van der Waals surface area (Å²) in [4.78, 5) is 11.8. The highest BCUT2D eigenvalue weighted by Gasteiger charge is 2.21. The fourth-order valence-corrected chi connectivity index (χ4v) is 1.59. The molecule has 0 aliphatic rings.